The van der Waals surface area contributed by atoms with Crippen molar-refractivity contribution in [1.29, 1.82) is 0 Å². The fraction of sp³-hybridized carbons (Fsp3) is 0.500. The topological polar surface area (TPSA) is 67.5 Å². The van der Waals surface area contributed by atoms with E-state index < -0.39 is 5.66 Å². The zero-order valence-corrected chi connectivity index (χ0v) is 7.51. The Morgan fingerprint density at radius 1 is 1.75 bits per heavy atom. The van der Waals surface area contributed by atoms with E-state index >= 15 is 0 Å². The normalized spacial score (nSPS) is 28.0. The van der Waals surface area contributed by atoms with Gasteiger partial charge in [-0.25, -0.2) is 0 Å². The highest BCUT2D eigenvalue weighted by molar-refractivity contribution is 6.44. The van der Waals surface area contributed by atoms with Crippen molar-refractivity contribution in [2.45, 2.75) is 19.5 Å². The van der Waals surface area contributed by atoms with E-state index in [0.717, 1.165) is 5.57 Å². The lowest BCUT2D eigenvalue weighted by molar-refractivity contribution is -0.114. The first-order valence-electron chi connectivity index (χ1n) is 3.77. The molecule has 1 amide bonds. The van der Waals surface area contributed by atoms with Crippen LogP contribution in [0.2, 0.25) is 0 Å². The van der Waals surface area contributed by atoms with E-state index in [9.17, 15) is 4.79 Å². The predicted molar refractivity (Wildman–Crippen MR) is 47.9 cm³/mol. The van der Waals surface area contributed by atoms with Crippen LogP contribution in [0.1, 0.15) is 13.8 Å². The second-order valence-corrected chi connectivity index (χ2v) is 3.05. The average Bonchev–Trinajstić information content (AvgIpc) is 2.25. The Balaban J connectivity index is 2.93. The molecule has 4 nitrogen and oxygen atoms in total. The first-order chi connectivity index (χ1) is 5.47. The maximum atomic E-state index is 11.1. The van der Waals surface area contributed by atoms with Gasteiger partial charge in [0.2, 0.25) is 0 Å². The van der Waals surface area contributed by atoms with Crippen LogP contribution >= 0.6 is 0 Å². The summed E-state index contributed by atoms with van der Waals surface area (Å²) in [5.74, 6) is -0.191. The van der Waals surface area contributed by atoms with Gasteiger partial charge >= 0.3 is 0 Å². The standard InChI is InChI=1S/C8H13N3O/c1-5-4-6(7(12)10-3)11-8(5,2)9/h4H,9H2,1-3H3,(H,10,12). The third kappa shape index (κ3) is 1.38. The molecule has 1 rings (SSSR count). The summed E-state index contributed by atoms with van der Waals surface area (Å²) in [6.45, 7) is 3.63. The maximum absolute atomic E-state index is 11.1. The molecule has 1 unspecified atom stereocenters. The summed E-state index contributed by atoms with van der Waals surface area (Å²) in [6.07, 6.45) is 1.71. The van der Waals surface area contributed by atoms with Crippen LogP contribution in [-0.4, -0.2) is 24.3 Å². The molecule has 12 heavy (non-hydrogen) atoms. The molecule has 0 aromatic carbocycles. The maximum Gasteiger partial charge on any atom is 0.269 e. The molecule has 0 saturated carbocycles. The number of nitrogens with zero attached hydrogens (tertiary/aromatic N) is 1. The molecule has 0 aliphatic carbocycles. The van der Waals surface area contributed by atoms with E-state index in [-0.39, 0.29) is 5.91 Å². The number of nitrogens with two attached hydrogens (primary N) is 1. The monoisotopic (exact) mass is 167 g/mol. The molecule has 1 aliphatic heterocycles. The molecule has 0 fully saturated rings. The van der Waals surface area contributed by atoms with Crippen LogP contribution in [0.25, 0.3) is 0 Å². The van der Waals surface area contributed by atoms with Crippen LogP contribution in [0.5, 0.6) is 0 Å². The number of nitrogens with one attached hydrogen (secondary N) is 1. The molecule has 0 radical (unpaired) electrons. The van der Waals surface area contributed by atoms with E-state index in [0.29, 0.717) is 5.71 Å². The summed E-state index contributed by atoms with van der Waals surface area (Å²) in [5, 5.41) is 2.50. The number of rotatable bonds is 1. The minimum atomic E-state index is -0.707. The number of hydrogen-bond donors (Lipinski definition) is 2. The first-order valence-corrected chi connectivity index (χ1v) is 3.77. The van der Waals surface area contributed by atoms with Crippen molar-refractivity contribution in [3.05, 3.63) is 11.6 Å². The van der Waals surface area contributed by atoms with Gasteiger partial charge in [0.15, 0.2) is 0 Å². The average molecular weight is 167 g/mol. The Labute approximate surface area is 71.5 Å². The minimum Gasteiger partial charge on any atom is -0.354 e. The third-order valence-corrected chi connectivity index (χ3v) is 1.96. The summed E-state index contributed by atoms with van der Waals surface area (Å²) in [5.41, 5.74) is 6.37. The van der Waals surface area contributed by atoms with Crippen molar-refractivity contribution in [2.75, 3.05) is 7.05 Å². The van der Waals surface area contributed by atoms with E-state index in [2.05, 4.69) is 10.3 Å². The number of carbonyl (C=O) groups is 1. The molecule has 66 valence electrons. The van der Waals surface area contributed by atoms with Crippen LogP contribution in [-0.2, 0) is 4.79 Å². The second-order valence-electron chi connectivity index (χ2n) is 3.05. The molecule has 0 aromatic rings. The molecule has 0 saturated heterocycles. The smallest absolute Gasteiger partial charge is 0.269 e. The lowest BCUT2D eigenvalue weighted by Crippen LogP contribution is -2.34. The molecule has 1 heterocycles. The van der Waals surface area contributed by atoms with Crippen LogP contribution in [0, 0.1) is 0 Å². The van der Waals surface area contributed by atoms with Crippen LogP contribution in [0.4, 0.5) is 0 Å². The molecular weight excluding hydrogens is 154 g/mol. The minimum absolute atomic E-state index is 0.191. The Morgan fingerprint density at radius 2 is 2.33 bits per heavy atom. The van der Waals surface area contributed by atoms with Gasteiger partial charge in [-0.2, -0.15) is 0 Å². The van der Waals surface area contributed by atoms with Gasteiger partial charge in [-0.05, 0) is 25.5 Å². The molecule has 0 spiro atoms. The summed E-state index contributed by atoms with van der Waals surface area (Å²) >= 11 is 0. The number of hydrogen-bond acceptors (Lipinski definition) is 3. The van der Waals surface area contributed by atoms with Crippen molar-refractivity contribution >= 4 is 11.6 Å². The van der Waals surface area contributed by atoms with Gasteiger partial charge in [0.05, 0.1) is 0 Å². The lowest BCUT2D eigenvalue weighted by Gasteiger charge is -2.15. The SMILES string of the molecule is CNC(=O)C1=NC(C)(N)C(C)=C1. The van der Waals surface area contributed by atoms with Gasteiger partial charge < -0.3 is 11.1 Å². The van der Waals surface area contributed by atoms with Gasteiger partial charge in [-0.15, -0.1) is 0 Å². The Hall–Kier alpha value is -1.16. The molecule has 0 aromatic heterocycles. The summed E-state index contributed by atoms with van der Waals surface area (Å²) < 4.78 is 0. The summed E-state index contributed by atoms with van der Waals surface area (Å²) in [6, 6.07) is 0. The van der Waals surface area contributed by atoms with Crippen molar-refractivity contribution < 1.29 is 4.79 Å². The fourth-order valence-corrected chi connectivity index (χ4v) is 0.966. The highest BCUT2D eigenvalue weighted by Gasteiger charge is 2.27. The van der Waals surface area contributed by atoms with E-state index in [1.54, 1.807) is 20.0 Å². The Kier molecular flexibility index (Phi) is 2.02. The molecule has 4 heteroatoms. The lowest BCUT2D eigenvalue weighted by atomic mass is 10.1. The number of amides is 1. The van der Waals surface area contributed by atoms with Crippen LogP contribution < -0.4 is 11.1 Å². The third-order valence-electron chi connectivity index (χ3n) is 1.96. The van der Waals surface area contributed by atoms with Gasteiger partial charge in [0.1, 0.15) is 11.4 Å². The molecule has 3 N–H and O–H groups in total. The summed E-state index contributed by atoms with van der Waals surface area (Å²) in [7, 11) is 1.57. The molecular formula is C8H13N3O. The van der Waals surface area contributed by atoms with Gasteiger partial charge in [0.25, 0.3) is 5.91 Å². The van der Waals surface area contributed by atoms with Gasteiger partial charge in [-0.3, -0.25) is 9.79 Å². The zero-order chi connectivity index (χ0) is 9.35. The van der Waals surface area contributed by atoms with Crippen molar-refractivity contribution in [1.82, 2.24) is 5.32 Å². The molecule has 1 atom stereocenters. The Bertz CT molecular complexity index is 276. The quantitative estimate of drug-likeness (QED) is 0.568. The molecule has 0 bridgehead atoms. The van der Waals surface area contributed by atoms with Crippen LogP contribution in [0.3, 0.4) is 0 Å². The highest BCUT2D eigenvalue weighted by Crippen LogP contribution is 2.20. The zero-order valence-electron chi connectivity index (χ0n) is 7.51. The van der Waals surface area contributed by atoms with Gasteiger partial charge in [-0.1, -0.05) is 0 Å². The van der Waals surface area contributed by atoms with Crippen molar-refractivity contribution in [3.8, 4) is 0 Å². The molecule has 1 aliphatic rings. The van der Waals surface area contributed by atoms with Crippen molar-refractivity contribution in [2.24, 2.45) is 10.7 Å². The number of aliphatic imine (C=N–C) groups is 1. The second kappa shape index (κ2) is 2.71. The fourth-order valence-electron chi connectivity index (χ4n) is 0.966. The predicted octanol–water partition coefficient (Wildman–Crippen LogP) is -0.192. The largest absolute Gasteiger partial charge is 0.354 e. The first kappa shape index (κ1) is 8.93. The van der Waals surface area contributed by atoms with E-state index in [1.807, 2.05) is 6.92 Å². The van der Waals surface area contributed by atoms with E-state index in [4.69, 9.17) is 5.73 Å². The van der Waals surface area contributed by atoms with Gasteiger partial charge in [0, 0.05) is 7.05 Å². The van der Waals surface area contributed by atoms with Crippen LogP contribution in [0.15, 0.2) is 16.6 Å². The Morgan fingerprint density at radius 3 is 2.67 bits per heavy atom. The highest BCUT2D eigenvalue weighted by atomic mass is 16.1. The number of carbonyl (C=O) groups excluding carboxylic acids is 1. The van der Waals surface area contributed by atoms with Crippen molar-refractivity contribution in [3.63, 3.8) is 0 Å². The van der Waals surface area contributed by atoms with E-state index in [1.165, 1.54) is 0 Å². The summed E-state index contributed by atoms with van der Waals surface area (Å²) in [4.78, 5) is 15.2.